The number of fused-ring (bicyclic) bond motifs is 1. The van der Waals surface area contributed by atoms with Gasteiger partial charge >= 0.3 is 24.3 Å². The van der Waals surface area contributed by atoms with Crippen molar-refractivity contribution in [2.75, 3.05) is 46.6 Å². The average Bonchev–Trinajstić information content (AvgIpc) is 3.26. The number of nitrogens with zero attached hydrogens (tertiary/aromatic N) is 2. The highest BCUT2D eigenvalue weighted by atomic mass is 19.4. The van der Waals surface area contributed by atoms with E-state index in [-0.39, 0.29) is 5.91 Å². The molecule has 0 aromatic carbocycles. The molecule has 2 saturated heterocycles. The van der Waals surface area contributed by atoms with E-state index in [2.05, 4.69) is 15.2 Å². The van der Waals surface area contributed by atoms with Crippen molar-refractivity contribution in [1.82, 2.24) is 15.2 Å². The van der Waals surface area contributed by atoms with Gasteiger partial charge in [0.05, 0.1) is 19.8 Å². The van der Waals surface area contributed by atoms with Gasteiger partial charge in [-0.25, -0.2) is 9.59 Å². The van der Waals surface area contributed by atoms with Gasteiger partial charge in [0.1, 0.15) is 0 Å². The topological polar surface area (TPSA) is 138 Å². The zero-order chi connectivity index (χ0) is 28.9. The largest absolute Gasteiger partial charge is 0.490 e. The highest BCUT2D eigenvalue weighted by Gasteiger charge is 2.41. The number of aromatic nitrogens is 1. The minimum Gasteiger partial charge on any atom is -0.475 e. The first-order chi connectivity index (χ1) is 17.6. The number of methoxy groups -OCH3 is 1. The van der Waals surface area contributed by atoms with Crippen LogP contribution in [0.1, 0.15) is 12.0 Å². The Labute approximate surface area is 213 Å². The molecule has 3 rings (SSSR count). The average molecular weight is 561 g/mol. The molecule has 1 amide bonds. The van der Waals surface area contributed by atoms with Gasteiger partial charge in [-0.1, -0.05) is 6.07 Å². The molecule has 0 spiro atoms. The van der Waals surface area contributed by atoms with E-state index < -0.39 is 24.3 Å². The van der Waals surface area contributed by atoms with Crippen LogP contribution in [-0.4, -0.2) is 96.9 Å². The maximum absolute atomic E-state index is 12.3. The van der Waals surface area contributed by atoms with Gasteiger partial charge in [-0.15, -0.1) is 0 Å². The molecule has 10 nitrogen and oxygen atoms in total. The van der Waals surface area contributed by atoms with Gasteiger partial charge in [0.25, 0.3) is 0 Å². The van der Waals surface area contributed by atoms with Crippen molar-refractivity contribution in [3.8, 4) is 0 Å². The second kappa shape index (κ2) is 15.4. The van der Waals surface area contributed by atoms with Crippen molar-refractivity contribution in [2.24, 2.45) is 17.8 Å². The number of aliphatic carboxylic acids is 2. The molecule has 0 aliphatic carbocycles. The van der Waals surface area contributed by atoms with Gasteiger partial charge in [0.2, 0.25) is 5.91 Å². The molecule has 16 heteroatoms. The van der Waals surface area contributed by atoms with Crippen molar-refractivity contribution in [1.29, 1.82) is 0 Å². The van der Waals surface area contributed by atoms with Crippen LogP contribution >= 0.6 is 0 Å². The molecule has 0 unspecified atom stereocenters. The van der Waals surface area contributed by atoms with Crippen LogP contribution in [0.25, 0.3) is 0 Å². The fourth-order valence-electron chi connectivity index (χ4n) is 3.82. The van der Waals surface area contributed by atoms with E-state index in [4.69, 9.17) is 29.3 Å². The molecule has 1 aromatic heterocycles. The zero-order valence-electron chi connectivity index (χ0n) is 20.3. The predicted molar refractivity (Wildman–Crippen MR) is 118 cm³/mol. The first kappa shape index (κ1) is 33.0. The van der Waals surface area contributed by atoms with E-state index >= 15 is 0 Å². The Bertz CT molecular complexity index is 862. The van der Waals surface area contributed by atoms with Gasteiger partial charge in [-0.2, -0.15) is 26.3 Å². The third-order valence-corrected chi connectivity index (χ3v) is 5.59. The number of ether oxygens (including phenoxy) is 2. The number of hydrogen-bond donors (Lipinski definition) is 3. The van der Waals surface area contributed by atoms with Crippen molar-refractivity contribution in [3.63, 3.8) is 0 Å². The molecule has 0 radical (unpaired) electrons. The van der Waals surface area contributed by atoms with Crippen LogP contribution < -0.4 is 5.32 Å². The third kappa shape index (κ3) is 12.5. The fourth-order valence-corrected chi connectivity index (χ4v) is 3.82. The van der Waals surface area contributed by atoms with Gasteiger partial charge in [0, 0.05) is 52.1 Å². The molecule has 2 aliphatic heterocycles. The van der Waals surface area contributed by atoms with Gasteiger partial charge in [-0.05, 0) is 29.4 Å². The number of alkyl halides is 6. The Morgan fingerprint density at radius 2 is 1.71 bits per heavy atom. The lowest BCUT2D eigenvalue weighted by atomic mass is 9.81. The number of likely N-dealkylation sites (tertiary alicyclic amines) is 1. The first-order valence-electron chi connectivity index (χ1n) is 11.2. The van der Waals surface area contributed by atoms with E-state index in [1.54, 1.807) is 19.5 Å². The standard InChI is InChI=1S/C18H27N3O3.2C2HF3O2/c1-23-6-5-21-10-16-13-24-12-15(17(16)11-21)7-18(22)20-9-14-3-2-4-19-8-14;2*3-2(4,5)1(6)7/h2-4,8,15-17H,5-7,9-13H2,1H3,(H,20,22);2*(H,6,7)/t15-,16-,17+;;/m1../s1. The molecular weight excluding hydrogens is 532 g/mol. The second-order valence-corrected chi connectivity index (χ2v) is 8.42. The lowest BCUT2D eigenvalue weighted by molar-refractivity contribution is -0.193. The number of nitrogens with one attached hydrogen (secondary N) is 1. The van der Waals surface area contributed by atoms with E-state index in [1.165, 1.54) is 0 Å². The van der Waals surface area contributed by atoms with Crippen molar-refractivity contribution in [2.45, 2.75) is 25.3 Å². The summed E-state index contributed by atoms with van der Waals surface area (Å²) in [6.07, 6.45) is -6.11. The lowest BCUT2D eigenvalue weighted by Gasteiger charge is -2.32. The number of halogens is 6. The number of hydrogen-bond acceptors (Lipinski definition) is 7. The molecule has 2 fully saturated rings. The third-order valence-electron chi connectivity index (χ3n) is 5.59. The first-order valence-corrected chi connectivity index (χ1v) is 11.2. The molecule has 3 heterocycles. The number of carboxylic acids is 2. The Hall–Kier alpha value is -2.98. The normalized spacial score (nSPS) is 21.2. The smallest absolute Gasteiger partial charge is 0.475 e. The minimum absolute atomic E-state index is 0.100. The van der Waals surface area contributed by atoms with Gasteiger partial charge in [0.15, 0.2) is 0 Å². The summed E-state index contributed by atoms with van der Waals surface area (Å²) in [6, 6.07) is 3.85. The van der Waals surface area contributed by atoms with Gasteiger partial charge < -0.3 is 29.9 Å². The summed E-state index contributed by atoms with van der Waals surface area (Å²) in [4.78, 5) is 36.6. The maximum atomic E-state index is 12.3. The molecule has 2 aliphatic rings. The molecule has 1 aromatic rings. The van der Waals surface area contributed by atoms with Crippen LogP contribution in [0, 0.1) is 17.8 Å². The highest BCUT2D eigenvalue weighted by molar-refractivity contribution is 5.76. The van der Waals surface area contributed by atoms with Crippen LogP contribution in [-0.2, 0) is 30.4 Å². The molecule has 3 atom stereocenters. The van der Waals surface area contributed by atoms with E-state index in [1.807, 2.05) is 12.1 Å². The molecule has 3 N–H and O–H groups in total. The van der Waals surface area contributed by atoms with Crippen LogP contribution in [0.4, 0.5) is 26.3 Å². The number of carboxylic acid groups (broad SMARTS) is 2. The van der Waals surface area contributed by atoms with E-state index in [0.29, 0.717) is 37.3 Å². The summed E-state index contributed by atoms with van der Waals surface area (Å²) >= 11 is 0. The van der Waals surface area contributed by atoms with Crippen LogP contribution in [0.3, 0.4) is 0 Å². The summed E-state index contributed by atoms with van der Waals surface area (Å²) in [5.41, 5.74) is 1.02. The Morgan fingerprint density at radius 1 is 1.11 bits per heavy atom. The summed E-state index contributed by atoms with van der Waals surface area (Å²) in [7, 11) is 1.74. The van der Waals surface area contributed by atoms with Gasteiger partial charge in [-0.3, -0.25) is 9.78 Å². The molecule has 216 valence electrons. The Balaban J connectivity index is 0.000000426. The summed E-state index contributed by atoms with van der Waals surface area (Å²) in [6.45, 7) is 5.88. The highest BCUT2D eigenvalue weighted by Crippen LogP contribution is 2.35. The molecule has 38 heavy (non-hydrogen) atoms. The molecule has 0 bridgehead atoms. The predicted octanol–water partition coefficient (Wildman–Crippen LogP) is 2.20. The number of rotatable bonds is 7. The fraction of sp³-hybridized carbons (Fsp3) is 0.636. The SMILES string of the molecule is COCCN1C[C@@H]2COC[C@@H](CC(=O)NCc3cccnc3)[C@@H]2C1.O=C(O)C(F)(F)F.O=C(O)C(F)(F)F. The van der Waals surface area contributed by atoms with E-state index in [9.17, 15) is 31.1 Å². The maximum Gasteiger partial charge on any atom is 0.490 e. The minimum atomic E-state index is -5.08. The molecular formula is C22H29F6N3O7. The Morgan fingerprint density at radius 3 is 2.21 bits per heavy atom. The van der Waals surface area contributed by atoms with Crippen molar-refractivity contribution in [3.05, 3.63) is 30.1 Å². The summed E-state index contributed by atoms with van der Waals surface area (Å²) in [5, 5.41) is 17.3. The quantitative estimate of drug-likeness (QED) is 0.428. The summed E-state index contributed by atoms with van der Waals surface area (Å²) < 4.78 is 74.4. The Kier molecular flexibility index (Phi) is 13.4. The monoisotopic (exact) mass is 561 g/mol. The summed E-state index contributed by atoms with van der Waals surface area (Å²) in [5.74, 6) is -4.00. The van der Waals surface area contributed by atoms with Crippen LogP contribution in [0.15, 0.2) is 24.5 Å². The zero-order valence-corrected chi connectivity index (χ0v) is 20.3. The number of pyridine rings is 1. The van der Waals surface area contributed by atoms with Crippen LogP contribution in [0.2, 0.25) is 0 Å². The second-order valence-electron chi connectivity index (χ2n) is 8.42. The van der Waals surface area contributed by atoms with Crippen molar-refractivity contribution < 1.29 is 60.4 Å². The van der Waals surface area contributed by atoms with E-state index in [0.717, 1.165) is 38.4 Å². The lowest BCUT2D eigenvalue weighted by Crippen LogP contribution is -2.38. The number of carbonyl (C=O) groups is 3. The van der Waals surface area contributed by atoms with Crippen molar-refractivity contribution >= 4 is 17.8 Å². The molecule has 0 saturated carbocycles. The number of carbonyl (C=O) groups excluding carboxylic acids is 1. The van der Waals surface area contributed by atoms with Crippen LogP contribution in [0.5, 0.6) is 0 Å². The number of amides is 1.